The topological polar surface area (TPSA) is 72.7 Å². The number of hydrogen-bond acceptors (Lipinski definition) is 4. The summed E-state index contributed by atoms with van der Waals surface area (Å²) in [6, 6.07) is 0. The average Bonchev–Trinajstić information content (AvgIpc) is 2.91. The first-order chi connectivity index (χ1) is 10.1. The van der Waals surface area contributed by atoms with Gasteiger partial charge in [-0.1, -0.05) is 13.8 Å². The lowest BCUT2D eigenvalue weighted by Gasteiger charge is -2.11. The number of rotatable bonds is 3. The van der Waals surface area contributed by atoms with Crippen molar-refractivity contribution in [2.24, 2.45) is 0 Å². The molecule has 0 atom stereocenters. The van der Waals surface area contributed by atoms with Crippen molar-refractivity contribution in [1.29, 1.82) is 0 Å². The van der Waals surface area contributed by atoms with Gasteiger partial charge in [0.1, 0.15) is 11.5 Å². The number of nitrogens with one attached hydrogen (secondary N) is 1. The van der Waals surface area contributed by atoms with Gasteiger partial charge in [-0.15, -0.1) is 0 Å². The Hall–Kier alpha value is -2.24. The van der Waals surface area contributed by atoms with Crippen LogP contribution in [0.1, 0.15) is 54.6 Å². The fourth-order valence-corrected chi connectivity index (χ4v) is 2.56. The second-order valence-electron chi connectivity index (χ2n) is 5.59. The van der Waals surface area contributed by atoms with Crippen LogP contribution in [-0.4, -0.2) is 25.4 Å². The van der Waals surface area contributed by atoms with E-state index < -0.39 is 0 Å². The van der Waals surface area contributed by atoms with Crippen molar-refractivity contribution in [1.82, 2.24) is 19.5 Å². The van der Waals surface area contributed by atoms with E-state index in [4.69, 9.17) is 0 Å². The molecule has 2 aromatic rings. The summed E-state index contributed by atoms with van der Waals surface area (Å²) in [6.07, 6.45) is 8.27. The van der Waals surface area contributed by atoms with Gasteiger partial charge in [-0.2, -0.15) is 0 Å². The Bertz CT molecular complexity index is 638. The SMILES string of the molecule is CC(C)c1nccnc1NC(=O)c1cn2c(n1)CCCC2. The van der Waals surface area contributed by atoms with E-state index in [9.17, 15) is 4.79 Å². The second kappa shape index (κ2) is 5.63. The molecule has 0 bridgehead atoms. The minimum atomic E-state index is -0.223. The van der Waals surface area contributed by atoms with Gasteiger partial charge >= 0.3 is 0 Å². The predicted octanol–water partition coefficient (Wildman–Crippen LogP) is 2.39. The highest BCUT2D eigenvalue weighted by molar-refractivity contribution is 6.02. The molecular formula is C15H19N5O. The molecule has 0 unspecified atom stereocenters. The van der Waals surface area contributed by atoms with Gasteiger partial charge in [0.2, 0.25) is 0 Å². The van der Waals surface area contributed by atoms with Gasteiger partial charge in [0.25, 0.3) is 5.91 Å². The predicted molar refractivity (Wildman–Crippen MR) is 79.2 cm³/mol. The minimum Gasteiger partial charge on any atom is -0.334 e. The maximum Gasteiger partial charge on any atom is 0.277 e. The molecule has 0 spiro atoms. The van der Waals surface area contributed by atoms with Crippen LogP contribution in [0, 0.1) is 0 Å². The van der Waals surface area contributed by atoms with Crippen molar-refractivity contribution in [3.63, 3.8) is 0 Å². The molecule has 6 nitrogen and oxygen atoms in total. The van der Waals surface area contributed by atoms with E-state index in [0.717, 1.165) is 37.3 Å². The zero-order chi connectivity index (χ0) is 14.8. The molecule has 1 N–H and O–H groups in total. The van der Waals surface area contributed by atoms with Crippen LogP contribution in [0.2, 0.25) is 0 Å². The normalized spacial score (nSPS) is 14.0. The van der Waals surface area contributed by atoms with Crippen LogP contribution >= 0.6 is 0 Å². The lowest BCUT2D eigenvalue weighted by atomic mass is 10.1. The summed E-state index contributed by atoms with van der Waals surface area (Å²) in [5, 5.41) is 2.83. The van der Waals surface area contributed by atoms with Crippen molar-refractivity contribution in [2.45, 2.75) is 45.6 Å². The fraction of sp³-hybridized carbons (Fsp3) is 0.467. The van der Waals surface area contributed by atoms with E-state index in [-0.39, 0.29) is 11.8 Å². The molecular weight excluding hydrogens is 266 g/mol. The Morgan fingerprint density at radius 3 is 2.86 bits per heavy atom. The standard InChI is InChI=1S/C15H19N5O/c1-10(2)13-14(17-7-6-16-13)19-15(21)11-9-20-8-4-3-5-12(20)18-11/h6-7,9-10H,3-5,8H2,1-2H3,(H,17,19,21). The van der Waals surface area contributed by atoms with Crippen LogP contribution in [0.4, 0.5) is 5.82 Å². The lowest BCUT2D eigenvalue weighted by molar-refractivity contribution is 0.102. The van der Waals surface area contributed by atoms with Crippen LogP contribution in [-0.2, 0) is 13.0 Å². The molecule has 0 radical (unpaired) electrons. The summed E-state index contributed by atoms with van der Waals surface area (Å²) < 4.78 is 2.07. The molecule has 2 aromatic heterocycles. The number of carbonyl (C=O) groups excluding carboxylic acids is 1. The van der Waals surface area contributed by atoms with Gasteiger partial charge in [-0.05, 0) is 18.8 Å². The molecule has 1 amide bonds. The van der Waals surface area contributed by atoms with Crippen molar-refractivity contribution in [3.05, 3.63) is 35.8 Å². The largest absolute Gasteiger partial charge is 0.334 e. The average molecular weight is 285 g/mol. The molecule has 21 heavy (non-hydrogen) atoms. The number of fused-ring (bicyclic) bond motifs is 1. The summed E-state index contributed by atoms with van der Waals surface area (Å²) >= 11 is 0. The molecule has 3 heterocycles. The van der Waals surface area contributed by atoms with Gasteiger partial charge in [0.05, 0.1) is 5.69 Å². The minimum absolute atomic E-state index is 0.198. The first-order valence-electron chi connectivity index (χ1n) is 7.33. The highest BCUT2D eigenvalue weighted by Crippen LogP contribution is 2.20. The van der Waals surface area contributed by atoms with Crippen molar-refractivity contribution in [3.8, 4) is 0 Å². The van der Waals surface area contributed by atoms with Gasteiger partial charge in [-0.25, -0.2) is 9.97 Å². The molecule has 0 aromatic carbocycles. The van der Waals surface area contributed by atoms with Crippen LogP contribution in [0.15, 0.2) is 18.6 Å². The summed E-state index contributed by atoms with van der Waals surface area (Å²) in [6.45, 7) is 4.99. The third-order valence-electron chi connectivity index (χ3n) is 3.65. The van der Waals surface area contributed by atoms with E-state index >= 15 is 0 Å². The lowest BCUT2D eigenvalue weighted by Crippen LogP contribution is -2.16. The zero-order valence-electron chi connectivity index (χ0n) is 12.3. The monoisotopic (exact) mass is 285 g/mol. The Balaban J connectivity index is 1.82. The number of aromatic nitrogens is 4. The van der Waals surface area contributed by atoms with Crippen LogP contribution in [0.5, 0.6) is 0 Å². The van der Waals surface area contributed by atoms with E-state index in [0.29, 0.717) is 11.5 Å². The molecule has 3 rings (SSSR count). The van der Waals surface area contributed by atoms with Gasteiger partial charge < -0.3 is 9.88 Å². The van der Waals surface area contributed by atoms with E-state index in [2.05, 4.69) is 24.8 Å². The summed E-state index contributed by atoms with van der Waals surface area (Å²) in [7, 11) is 0. The fourth-order valence-electron chi connectivity index (χ4n) is 2.56. The zero-order valence-corrected chi connectivity index (χ0v) is 12.3. The number of hydrogen-bond donors (Lipinski definition) is 1. The number of aryl methyl sites for hydroxylation is 2. The van der Waals surface area contributed by atoms with Gasteiger partial charge in [-0.3, -0.25) is 9.78 Å². The highest BCUT2D eigenvalue weighted by atomic mass is 16.2. The first kappa shape index (κ1) is 13.7. The Morgan fingerprint density at radius 2 is 2.10 bits per heavy atom. The number of amides is 1. The number of carbonyl (C=O) groups is 1. The van der Waals surface area contributed by atoms with Crippen molar-refractivity contribution >= 4 is 11.7 Å². The van der Waals surface area contributed by atoms with Crippen molar-refractivity contribution < 1.29 is 4.79 Å². The highest BCUT2D eigenvalue weighted by Gasteiger charge is 2.18. The number of imidazole rings is 1. The Kier molecular flexibility index (Phi) is 3.68. The number of anilines is 1. The maximum absolute atomic E-state index is 12.4. The van der Waals surface area contributed by atoms with Gasteiger partial charge in [0.15, 0.2) is 5.82 Å². The molecule has 0 aliphatic carbocycles. The Morgan fingerprint density at radius 1 is 1.29 bits per heavy atom. The molecule has 0 saturated carbocycles. The third-order valence-corrected chi connectivity index (χ3v) is 3.65. The second-order valence-corrected chi connectivity index (χ2v) is 5.59. The van der Waals surface area contributed by atoms with Crippen LogP contribution in [0.3, 0.4) is 0 Å². The maximum atomic E-state index is 12.4. The summed E-state index contributed by atoms with van der Waals surface area (Å²) in [4.78, 5) is 25.3. The van der Waals surface area contributed by atoms with E-state index in [1.807, 2.05) is 20.0 Å². The quantitative estimate of drug-likeness (QED) is 0.939. The van der Waals surface area contributed by atoms with Crippen LogP contribution < -0.4 is 5.32 Å². The van der Waals surface area contributed by atoms with Gasteiger partial charge in [0, 0.05) is 31.6 Å². The first-order valence-corrected chi connectivity index (χ1v) is 7.33. The molecule has 1 aliphatic rings. The van der Waals surface area contributed by atoms with E-state index in [1.165, 1.54) is 0 Å². The summed E-state index contributed by atoms with van der Waals surface area (Å²) in [5.74, 6) is 1.49. The Labute approximate surface area is 123 Å². The smallest absolute Gasteiger partial charge is 0.277 e. The third kappa shape index (κ3) is 2.79. The van der Waals surface area contributed by atoms with Crippen molar-refractivity contribution in [2.75, 3.05) is 5.32 Å². The van der Waals surface area contributed by atoms with E-state index in [1.54, 1.807) is 12.4 Å². The molecule has 6 heteroatoms. The molecule has 110 valence electrons. The van der Waals surface area contributed by atoms with Crippen LogP contribution in [0.25, 0.3) is 0 Å². The number of nitrogens with zero attached hydrogens (tertiary/aromatic N) is 4. The molecule has 1 aliphatic heterocycles. The molecule has 0 saturated heterocycles. The molecule has 0 fully saturated rings. The summed E-state index contributed by atoms with van der Waals surface area (Å²) in [5.41, 5.74) is 1.24.